The van der Waals surface area contributed by atoms with Crippen molar-refractivity contribution in [1.29, 1.82) is 0 Å². The van der Waals surface area contributed by atoms with Gasteiger partial charge in [-0.15, -0.1) is 0 Å². The first-order valence-corrected chi connectivity index (χ1v) is 6.73. The topological polar surface area (TPSA) is 82.3 Å². The van der Waals surface area contributed by atoms with Gasteiger partial charge in [0, 0.05) is 17.8 Å². The number of benzene rings is 1. The SMILES string of the molecule is Cc1ccc(NC(=O)[C@H](C)OC(=O)c2cc[n+]([O-])cc2)cc1. The third-order valence-electron chi connectivity index (χ3n) is 3.01. The Morgan fingerprint density at radius 1 is 1.14 bits per heavy atom. The number of hydrogen-bond donors (Lipinski definition) is 1. The lowest BCUT2D eigenvalue weighted by Gasteiger charge is -2.13. The molecule has 0 aliphatic rings. The first-order chi connectivity index (χ1) is 10.5. The highest BCUT2D eigenvalue weighted by Gasteiger charge is 2.19. The highest BCUT2D eigenvalue weighted by Crippen LogP contribution is 2.10. The maximum atomic E-state index is 12.0. The molecular formula is C16H16N2O4. The van der Waals surface area contributed by atoms with Gasteiger partial charge in [0.2, 0.25) is 0 Å². The van der Waals surface area contributed by atoms with Gasteiger partial charge in [-0.1, -0.05) is 17.7 Å². The third kappa shape index (κ3) is 4.05. The standard InChI is InChI=1S/C16H16N2O4/c1-11-3-5-14(6-4-11)17-15(19)12(2)22-16(20)13-7-9-18(21)10-8-13/h3-10,12H,1-2H3,(H,17,19)/t12-/m0/s1. The predicted octanol–water partition coefficient (Wildman–Crippen LogP) is 1.81. The number of ether oxygens (including phenoxy) is 1. The van der Waals surface area contributed by atoms with Crippen molar-refractivity contribution in [1.82, 2.24) is 0 Å². The maximum absolute atomic E-state index is 12.0. The average molecular weight is 300 g/mol. The molecule has 114 valence electrons. The van der Waals surface area contributed by atoms with Crippen LogP contribution in [0.15, 0.2) is 48.8 Å². The summed E-state index contributed by atoms with van der Waals surface area (Å²) in [7, 11) is 0. The number of amides is 1. The Morgan fingerprint density at radius 3 is 2.32 bits per heavy atom. The number of esters is 1. The van der Waals surface area contributed by atoms with Crippen molar-refractivity contribution in [3.05, 3.63) is 65.1 Å². The van der Waals surface area contributed by atoms with Crippen LogP contribution < -0.4 is 10.0 Å². The lowest BCUT2D eigenvalue weighted by atomic mass is 10.2. The van der Waals surface area contributed by atoms with Gasteiger partial charge in [-0.2, -0.15) is 4.73 Å². The van der Waals surface area contributed by atoms with Crippen LogP contribution in [0.4, 0.5) is 5.69 Å². The molecule has 1 heterocycles. The van der Waals surface area contributed by atoms with Gasteiger partial charge < -0.3 is 15.3 Å². The third-order valence-corrected chi connectivity index (χ3v) is 3.01. The minimum absolute atomic E-state index is 0.210. The number of aryl methyl sites for hydroxylation is 1. The minimum atomic E-state index is -0.951. The highest BCUT2D eigenvalue weighted by molar-refractivity contribution is 5.97. The fraction of sp³-hybridized carbons (Fsp3) is 0.188. The van der Waals surface area contributed by atoms with E-state index in [1.54, 1.807) is 12.1 Å². The van der Waals surface area contributed by atoms with E-state index in [9.17, 15) is 14.8 Å². The van der Waals surface area contributed by atoms with Crippen LogP contribution in [0.5, 0.6) is 0 Å². The molecule has 0 spiro atoms. The molecule has 0 radical (unpaired) electrons. The normalized spacial score (nSPS) is 11.5. The molecule has 1 amide bonds. The quantitative estimate of drug-likeness (QED) is 0.530. The summed E-state index contributed by atoms with van der Waals surface area (Å²) in [5.74, 6) is -1.08. The van der Waals surface area contributed by atoms with Crippen molar-refractivity contribution in [3.8, 4) is 0 Å². The van der Waals surface area contributed by atoms with Crippen LogP contribution in [0.2, 0.25) is 0 Å². The molecule has 1 aromatic carbocycles. The van der Waals surface area contributed by atoms with E-state index in [2.05, 4.69) is 5.32 Å². The molecule has 0 aliphatic carbocycles. The van der Waals surface area contributed by atoms with Crippen LogP contribution in [-0.2, 0) is 9.53 Å². The summed E-state index contributed by atoms with van der Waals surface area (Å²) in [4.78, 5) is 23.8. The van der Waals surface area contributed by atoms with E-state index in [0.717, 1.165) is 5.56 Å². The van der Waals surface area contributed by atoms with E-state index >= 15 is 0 Å². The monoisotopic (exact) mass is 300 g/mol. The van der Waals surface area contributed by atoms with Crippen molar-refractivity contribution >= 4 is 17.6 Å². The molecule has 1 atom stereocenters. The fourth-order valence-electron chi connectivity index (χ4n) is 1.71. The van der Waals surface area contributed by atoms with Crippen molar-refractivity contribution in [2.75, 3.05) is 5.32 Å². The summed E-state index contributed by atoms with van der Waals surface area (Å²) >= 11 is 0. The number of rotatable bonds is 4. The highest BCUT2D eigenvalue weighted by atomic mass is 16.5. The summed E-state index contributed by atoms with van der Waals surface area (Å²) in [6.07, 6.45) is 1.43. The molecule has 1 aromatic heterocycles. The van der Waals surface area contributed by atoms with Crippen molar-refractivity contribution in [2.24, 2.45) is 0 Å². The van der Waals surface area contributed by atoms with E-state index in [1.165, 1.54) is 31.5 Å². The Kier molecular flexibility index (Phi) is 4.73. The Balaban J connectivity index is 1.94. The molecule has 0 unspecified atom stereocenters. The van der Waals surface area contributed by atoms with E-state index < -0.39 is 18.0 Å². The van der Waals surface area contributed by atoms with Crippen LogP contribution in [0.1, 0.15) is 22.8 Å². The van der Waals surface area contributed by atoms with E-state index in [4.69, 9.17) is 4.74 Å². The van der Waals surface area contributed by atoms with Crippen molar-refractivity contribution < 1.29 is 19.1 Å². The molecule has 1 N–H and O–H groups in total. The molecule has 0 saturated heterocycles. The molecule has 0 saturated carbocycles. The summed E-state index contributed by atoms with van der Waals surface area (Å²) in [6, 6.07) is 9.95. The summed E-state index contributed by atoms with van der Waals surface area (Å²) in [6.45, 7) is 3.43. The van der Waals surface area contributed by atoms with Crippen LogP contribution in [0.3, 0.4) is 0 Å². The lowest BCUT2D eigenvalue weighted by molar-refractivity contribution is -0.605. The average Bonchev–Trinajstić information content (AvgIpc) is 2.50. The Bertz CT molecular complexity index is 666. The Labute approximate surface area is 127 Å². The van der Waals surface area contributed by atoms with Crippen LogP contribution in [0.25, 0.3) is 0 Å². The van der Waals surface area contributed by atoms with Gasteiger partial charge in [-0.05, 0) is 26.0 Å². The smallest absolute Gasteiger partial charge is 0.339 e. The number of hydrogen-bond acceptors (Lipinski definition) is 4. The molecule has 0 bridgehead atoms. The lowest BCUT2D eigenvalue weighted by Crippen LogP contribution is -2.30. The zero-order chi connectivity index (χ0) is 16.1. The largest absolute Gasteiger partial charge is 0.619 e. The Hall–Kier alpha value is -2.89. The van der Waals surface area contributed by atoms with Gasteiger partial charge in [0.25, 0.3) is 5.91 Å². The second kappa shape index (κ2) is 6.71. The van der Waals surface area contributed by atoms with Crippen LogP contribution in [-0.4, -0.2) is 18.0 Å². The number of anilines is 1. The van der Waals surface area contributed by atoms with Gasteiger partial charge in [-0.25, -0.2) is 4.79 Å². The van der Waals surface area contributed by atoms with Crippen LogP contribution >= 0.6 is 0 Å². The summed E-state index contributed by atoms with van der Waals surface area (Å²) in [5, 5.41) is 13.6. The van der Waals surface area contributed by atoms with E-state index in [1.807, 2.05) is 19.1 Å². The molecular weight excluding hydrogens is 284 g/mol. The number of pyridine rings is 1. The van der Waals surface area contributed by atoms with Crippen molar-refractivity contribution in [2.45, 2.75) is 20.0 Å². The maximum Gasteiger partial charge on any atom is 0.339 e. The zero-order valence-electron chi connectivity index (χ0n) is 12.3. The first-order valence-electron chi connectivity index (χ1n) is 6.73. The summed E-state index contributed by atoms with van der Waals surface area (Å²) < 4.78 is 5.63. The van der Waals surface area contributed by atoms with Gasteiger partial charge >= 0.3 is 5.97 Å². The molecule has 0 aliphatic heterocycles. The number of nitrogens with one attached hydrogen (secondary N) is 1. The zero-order valence-corrected chi connectivity index (χ0v) is 12.3. The second-order valence-electron chi connectivity index (χ2n) is 4.85. The minimum Gasteiger partial charge on any atom is -0.619 e. The van der Waals surface area contributed by atoms with Crippen LogP contribution in [0, 0.1) is 12.1 Å². The molecule has 0 fully saturated rings. The molecule has 2 rings (SSSR count). The van der Waals surface area contributed by atoms with Crippen molar-refractivity contribution in [3.63, 3.8) is 0 Å². The number of aromatic nitrogens is 1. The molecule has 6 heteroatoms. The molecule has 6 nitrogen and oxygen atoms in total. The Morgan fingerprint density at radius 2 is 1.73 bits per heavy atom. The molecule has 2 aromatic rings. The van der Waals surface area contributed by atoms with Gasteiger partial charge in [-0.3, -0.25) is 4.79 Å². The van der Waals surface area contributed by atoms with Gasteiger partial charge in [0.15, 0.2) is 18.5 Å². The second-order valence-corrected chi connectivity index (χ2v) is 4.85. The van der Waals surface area contributed by atoms with E-state index in [-0.39, 0.29) is 5.56 Å². The fourth-order valence-corrected chi connectivity index (χ4v) is 1.71. The molecule has 22 heavy (non-hydrogen) atoms. The van der Waals surface area contributed by atoms with Gasteiger partial charge in [0.05, 0.1) is 5.56 Å². The summed E-state index contributed by atoms with van der Waals surface area (Å²) in [5.41, 5.74) is 1.92. The van der Waals surface area contributed by atoms with E-state index in [0.29, 0.717) is 10.4 Å². The predicted molar refractivity (Wildman–Crippen MR) is 80.1 cm³/mol. The van der Waals surface area contributed by atoms with Gasteiger partial charge in [0.1, 0.15) is 0 Å². The number of carbonyl (C=O) groups is 2. The number of carbonyl (C=O) groups excluding carboxylic acids is 2. The first kappa shape index (κ1) is 15.5. The number of nitrogens with zero attached hydrogens (tertiary/aromatic N) is 1.